The number of hydrogen-bond acceptors (Lipinski definition) is 2. The third kappa shape index (κ3) is 4.19. The molecule has 0 radical (unpaired) electrons. The molecule has 0 aliphatic carbocycles. The van der Waals surface area contributed by atoms with Crippen molar-refractivity contribution < 1.29 is 4.79 Å². The highest BCUT2D eigenvalue weighted by atomic mass is 16.1. The van der Waals surface area contributed by atoms with E-state index in [1.807, 2.05) is 48.5 Å². The van der Waals surface area contributed by atoms with Crippen LogP contribution in [-0.4, -0.2) is 16.9 Å². The molecule has 24 heavy (non-hydrogen) atoms. The number of benzene rings is 2. The molecule has 1 amide bonds. The van der Waals surface area contributed by atoms with Crippen molar-refractivity contribution in [2.45, 2.75) is 32.2 Å². The molecule has 1 atom stereocenters. The first-order valence-electron chi connectivity index (χ1n) is 8.38. The van der Waals surface area contributed by atoms with Gasteiger partial charge in [-0.25, -0.2) is 0 Å². The SMILES string of the molecule is CC(CCc1ccccc1)NC(=O)Cc1cccc2cccnc12. The van der Waals surface area contributed by atoms with Crippen LogP contribution in [0, 0.1) is 0 Å². The predicted molar refractivity (Wildman–Crippen MR) is 97.8 cm³/mol. The quantitative estimate of drug-likeness (QED) is 0.748. The summed E-state index contributed by atoms with van der Waals surface area (Å²) >= 11 is 0. The lowest BCUT2D eigenvalue weighted by atomic mass is 10.0. The molecule has 2 aromatic carbocycles. The van der Waals surface area contributed by atoms with E-state index in [-0.39, 0.29) is 11.9 Å². The highest BCUT2D eigenvalue weighted by Crippen LogP contribution is 2.16. The molecule has 1 N–H and O–H groups in total. The van der Waals surface area contributed by atoms with E-state index in [9.17, 15) is 4.79 Å². The lowest BCUT2D eigenvalue weighted by Gasteiger charge is -2.14. The molecule has 1 unspecified atom stereocenters. The monoisotopic (exact) mass is 318 g/mol. The molecule has 1 aromatic heterocycles. The van der Waals surface area contributed by atoms with Crippen molar-refractivity contribution >= 4 is 16.8 Å². The number of carbonyl (C=O) groups excluding carboxylic acids is 1. The summed E-state index contributed by atoms with van der Waals surface area (Å²) in [5.41, 5.74) is 3.19. The van der Waals surface area contributed by atoms with E-state index in [0.717, 1.165) is 29.3 Å². The third-order valence-electron chi connectivity index (χ3n) is 4.18. The molecule has 0 saturated heterocycles. The number of carbonyl (C=O) groups is 1. The van der Waals surface area contributed by atoms with Crippen molar-refractivity contribution in [1.29, 1.82) is 0 Å². The van der Waals surface area contributed by atoms with Gasteiger partial charge in [-0.15, -0.1) is 0 Å². The Kier molecular flexibility index (Phi) is 5.22. The minimum atomic E-state index is 0.0497. The van der Waals surface area contributed by atoms with Crippen LogP contribution in [0.4, 0.5) is 0 Å². The van der Waals surface area contributed by atoms with Gasteiger partial charge in [0, 0.05) is 17.6 Å². The van der Waals surface area contributed by atoms with Crippen molar-refractivity contribution in [3.63, 3.8) is 0 Å². The number of aromatic nitrogens is 1. The third-order valence-corrected chi connectivity index (χ3v) is 4.18. The Morgan fingerprint density at radius 1 is 1.04 bits per heavy atom. The molecule has 0 bridgehead atoms. The second-order valence-corrected chi connectivity index (χ2v) is 6.16. The first-order chi connectivity index (χ1) is 11.7. The van der Waals surface area contributed by atoms with Crippen LogP contribution in [0.3, 0.4) is 0 Å². The Hall–Kier alpha value is -2.68. The molecule has 3 heteroatoms. The van der Waals surface area contributed by atoms with E-state index in [0.29, 0.717) is 6.42 Å². The van der Waals surface area contributed by atoms with Gasteiger partial charge in [-0.2, -0.15) is 0 Å². The van der Waals surface area contributed by atoms with E-state index >= 15 is 0 Å². The highest BCUT2D eigenvalue weighted by molar-refractivity contribution is 5.87. The topological polar surface area (TPSA) is 42.0 Å². The summed E-state index contributed by atoms with van der Waals surface area (Å²) in [4.78, 5) is 16.7. The van der Waals surface area contributed by atoms with Crippen molar-refractivity contribution in [1.82, 2.24) is 10.3 Å². The van der Waals surface area contributed by atoms with E-state index in [1.165, 1.54) is 5.56 Å². The number of nitrogens with one attached hydrogen (secondary N) is 1. The molecule has 122 valence electrons. The molecule has 3 rings (SSSR count). The second kappa shape index (κ2) is 7.73. The number of pyridine rings is 1. The number of nitrogens with zero attached hydrogens (tertiary/aromatic N) is 1. The molecular formula is C21H22N2O. The van der Waals surface area contributed by atoms with Gasteiger partial charge < -0.3 is 5.32 Å². The summed E-state index contributed by atoms with van der Waals surface area (Å²) in [5.74, 6) is 0.0497. The summed E-state index contributed by atoms with van der Waals surface area (Å²) in [7, 11) is 0. The second-order valence-electron chi connectivity index (χ2n) is 6.16. The van der Waals surface area contributed by atoms with Crippen molar-refractivity contribution in [2.75, 3.05) is 0 Å². The molecule has 0 saturated carbocycles. The van der Waals surface area contributed by atoms with Crippen LogP contribution in [0.25, 0.3) is 10.9 Å². The first-order valence-corrected chi connectivity index (χ1v) is 8.38. The van der Waals surface area contributed by atoms with Crippen molar-refractivity contribution in [3.05, 3.63) is 78.0 Å². The normalized spacial score (nSPS) is 12.0. The zero-order valence-electron chi connectivity index (χ0n) is 13.9. The van der Waals surface area contributed by atoms with Gasteiger partial charge >= 0.3 is 0 Å². The Balaban J connectivity index is 1.56. The summed E-state index contributed by atoms with van der Waals surface area (Å²) in [6.45, 7) is 2.06. The molecule has 0 spiro atoms. The van der Waals surface area contributed by atoms with Gasteiger partial charge in [-0.1, -0.05) is 54.6 Å². The average Bonchev–Trinajstić information content (AvgIpc) is 2.61. The molecule has 0 aliphatic heterocycles. The summed E-state index contributed by atoms with van der Waals surface area (Å²) in [5, 5.41) is 4.17. The summed E-state index contributed by atoms with van der Waals surface area (Å²) in [6.07, 6.45) is 4.04. The Morgan fingerprint density at radius 2 is 1.83 bits per heavy atom. The van der Waals surface area contributed by atoms with Crippen LogP contribution in [0.5, 0.6) is 0 Å². The van der Waals surface area contributed by atoms with Crippen LogP contribution in [0.2, 0.25) is 0 Å². The van der Waals surface area contributed by atoms with Crippen molar-refractivity contribution in [3.8, 4) is 0 Å². The lowest BCUT2D eigenvalue weighted by molar-refractivity contribution is -0.121. The highest BCUT2D eigenvalue weighted by Gasteiger charge is 2.11. The van der Waals surface area contributed by atoms with Crippen LogP contribution >= 0.6 is 0 Å². The van der Waals surface area contributed by atoms with E-state index < -0.39 is 0 Å². The molecular weight excluding hydrogens is 296 g/mol. The number of hydrogen-bond donors (Lipinski definition) is 1. The van der Waals surface area contributed by atoms with Gasteiger partial charge in [0.25, 0.3) is 0 Å². The van der Waals surface area contributed by atoms with E-state index in [2.05, 4.69) is 29.4 Å². The Bertz CT molecular complexity index is 809. The summed E-state index contributed by atoms with van der Waals surface area (Å²) < 4.78 is 0. The predicted octanol–water partition coefficient (Wildman–Crippen LogP) is 3.91. The van der Waals surface area contributed by atoms with Crippen molar-refractivity contribution in [2.24, 2.45) is 0 Å². The average molecular weight is 318 g/mol. The maximum Gasteiger partial charge on any atom is 0.224 e. The zero-order chi connectivity index (χ0) is 16.8. The molecule has 3 nitrogen and oxygen atoms in total. The smallest absolute Gasteiger partial charge is 0.224 e. The number of aryl methyl sites for hydroxylation is 1. The fourth-order valence-corrected chi connectivity index (χ4v) is 2.91. The molecule has 3 aromatic rings. The number of amides is 1. The zero-order valence-corrected chi connectivity index (χ0v) is 13.9. The fourth-order valence-electron chi connectivity index (χ4n) is 2.91. The maximum absolute atomic E-state index is 12.3. The first kappa shape index (κ1) is 16.2. The lowest BCUT2D eigenvalue weighted by Crippen LogP contribution is -2.34. The van der Waals surface area contributed by atoms with Gasteiger partial charge in [0.05, 0.1) is 11.9 Å². The standard InChI is InChI=1S/C21H22N2O/c1-16(12-13-17-7-3-2-4-8-17)23-20(24)15-19-10-5-9-18-11-6-14-22-21(18)19/h2-11,14,16H,12-13,15H2,1H3,(H,23,24). The number of rotatable bonds is 6. The summed E-state index contributed by atoms with van der Waals surface area (Å²) in [6, 6.07) is 20.4. The minimum Gasteiger partial charge on any atom is -0.353 e. The van der Waals surface area contributed by atoms with Gasteiger partial charge in [0.1, 0.15) is 0 Å². The largest absolute Gasteiger partial charge is 0.353 e. The van der Waals surface area contributed by atoms with Crippen LogP contribution in [0.15, 0.2) is 66.9 Å². The maximum atomic E-state index is 12.3. The van der Waals surface area contributed by atoms with Gasteiger partial charge in [-0.05, 0) is 37.0 Å². The molecule has 0 fully saturated rings. The molecule has 1 heterocycles. The Morgan fingerprint density at radius 3 is 2.67 bits per heavy atom. The van der Waals surface area contributed by atoms with Crippen LogP contribution in [-0.2, 0) is 17.6 Å². The van der Waals surface area contributed by atoms with Gasteiger partial charge in [0.2, 0.25) is 5.91 Å². The van der Waals surface area contributed by atoms with Gasteiger partial charge in [-0.3, -0.25) is 9.78 Å². The van der Waals surface area contributed by atoms with Crippen LogP contribution in [0.1, 0.15) is 24.5 Å². The minimum absolute atomic E-state index is 0.0497. The Labute approximate surface area is 142 Å². The number of para-hydroxylation sites is 1. The van der Waals surface area contributed by atoms with E-state index in [4.69, 9.17) is 0 Å². The fraction of sp³-hybridized carbons (Fsp3) is 0.238. The number of fused-ring (bicyclic) bond motifs is 1. The van der Waals surface area contributed by atoms with E-state index in [1.54, 1.807) is 6.20 Å². The van der Waals surface area contributed by atoms with Crippen LogP contribution < -0.4 is 5.32 Å². The molecule has 0 aliphatic rings. The van der Waals surface area contributed by atoms with Gasteiger partial charge in [0.15, 0.2) is 0 Å².